The maximum atomic E-state index is 10.3. The molecule has 0 saturated carbocycles. The van der Waals surface area contributed by atoms with Crippen LogP contribution < -0.4 is 29.1 Å². The Morgan fingerprint density at radius 1 is 0.266 bits per heavy atom. The molecule has 10 heteroatoms. The van der Waals surface area contributed by atoms with E-state index in [9.17, 15) is 10.5 Å². The topological polar surface area (TPSA) is 87.7 Å². The number of hydrogen-bond acceptors (Lipinski definition) is 8. The highest BCUT2D eigenvalue weighted by atomic mass is 16.5. The Kier molecular flexibility index (Phi) is 25.2. The normalized spacial score (nSPS) is 13.2. The summed E-state index contributed by atoms with van der Waals surface area (Å²) in [5.41, 5.74) is 34.0. The molecule has 0 spiro atoms. The number of fused-ring (bicyclic) bond motifs is 4. The van der Waals surface area contributed by atoms with Crippen molar-refractivity contribution in [3.05, 3.63) is 426 Å². The first-order valence-corrected chi connectivity index (χ1v) is 43.3. The highest BCUT2D eigenvalue weighted by Crippen LogP contribution is 2.47. The van der Waals surface area contributed by atoms with E-state index < -0.39 is 0 Å². The van der Waals surface area contributed by atoms with Crippen LogP contribution in [0.25, 0.3) is 58.3 Å². The lowest BCUT2D eigenvalue weighted by molar-refractivity contribution is 0.414. The summed E-state index contributed by atoms with van der Waals surface area (Å²) in [5.74, 6) is 1.64. The van der Waals surface area contributed by atoms with Crippen LogP contribution in [-0.2, 0) is 51.4 Å². The second-order valence-corrected chi connectivity index (χ2v) is 32.0. The van der Waals surface area contributed by atoms with E-state index in [1.165, 1.54) is 119 Å². The molecule has 0 atom stereocenters. The van der Waals surface area contributed by atoms with E-state index in [4.69, 9.17) is 22.6 Å². The fourth-order valence-corrected chi connectivity index (χ4v) is 18.1. The van der Waals surface area contributed by atoms with Gasteiger partial charge in [0.2, 0.25) is 0 Å². The molecule has 0 saturated heterocycles. The van der Waals surface area contributed by atoms with Gasteiger partial charge in [0.15, 0.2) is 11.4 Å². The number of rotatable bonds is 22. The van der Waals surface area contributed by atoms with E-state index in [0.29, 0.717) is 33.6 Å². The van der Waals surface area contributed by atoms with Gasteiger partial charge in [-0.25, -0.2) is 9.69 Å². The summed E-state index contributed by atoms with van der Waals surface area (Å²) >= 11 is 0. The van der Waals surface area contributed by atoms with Crippen LogP contribution in [0.5, 0.6) is 11.5 Å². The molecule has 0 amide bonds. The van der Waals surface area contributed by atoms with Gasteiger partial charge in [-0.15, -0.1) is 0 Å². The maximum absolute atomic E-state index is 10.3. The molecule has 0 fully saturated rings. The largest absolute Gasteiger partial charge is 0.497 e. The first kappa shape index (κ1) is 81.2. The summed E-state index contributed by atoms with van der Waals surface area (Å²) in [5, 5.41) is 20.5. The molecule has 18 rings (SSSR count). The molecule has 14 aromatic rings. The number of ether oxygens (including phenoxy) is 2. The molecule has 4 aliphatic rings. The average molecular weight is 1610 g/mol. The summed E-state index contributed by atoms with van der Waals surface area (Å²) in [6, 6.07) is 111. The Morgan fingerprint density at radius 2 is 0.508 bits per heavy atom. The smallest absolute Gasteiger partial charge is 0.194 e. The van der Waals surface area contributed by atoms with Crippen molar-refractivity contribution in [3.8, 4) is 23.6 Å². The highest BCUT2D eigenvalue weighted by molar-refractivity contribution is 5.89. The lowest BCUT2D eigenvalue weighted by Gasteiger charge is -2.30. The van der Waals surface area contributed by atoms with Gasteiger partial charge >= 0.3 is 0 Å². The predicted molar refractivity (Wildman–Crippen MR) is 515 cm³/mol. The number of para-hydroxylation sites is 2. The lowest BCUT2D eigenvalue weighted by Crippen LogP contribution is -2.15. The van der Waals surface area contributed by atoms with Gasteiger partial charge in [0.1, 0.15) is 11.5 Å². The van der Waals surface area contributed by atoms with E-state index >= 15 is 0 Å². The third-order valence-corrected chi connectivity index (χ3v) is 24.4. The average Bonchev–Trinajstić information content (AvgIpc) is 0.779. The Bertz CT molecular complexity index is 6080. The van der Waals surface area contributed by atoms with Crippen molar-refractivity contribution >= 4 is 128 Å². The summed E-state index contributed by atoms with van der Waals surface area (Å²) < 4.78 is 11.0. The number of methoxy groups -OCH3 is 2. The maximum Gasteiger partial charge on any atom is 0.194 e. The second kappa shape index (κ2) is 38.5. The number of aryl methyl sites for hydroxylation is 4. The lowest BCUT2D eigenvalue weighted by atomic mass is 9.90. The summed E-state index contributed by atoms with van der Waals surface area (Å²) in [4.78, 5) is 17.2. The van der Waals surface area contributed by atoms with Crippen LogP contribution >= 0.6 is 0 Å². The van der Waals surface area contributed by atoms with Crippen molar-refractivity contribution in [1.29, 1.82) is 10.5 Å². The van der Waals surface area contributed by atoms with Crippen molar-refractivity contribution in [1.82, 2.24) is 0 Å². The second-order valence-electron chi connectivity index (χ2n) is 32.0. The van der Waals surface area contributed by atoms with Gasteiger partial charge in [0, 0.05) is 68.2 Å². The van der Waals surface area contributed by atoms with Crippen LogP contribution in [0.3, 0.4) is 0 Å². The summed E-state index contributed by atoms with van der Waals surface area (Å²) in [6.07, 6.45) is 34.4. The van der Waals surface area contributed by atoms with Crippen LogP contribution in [0.2, 0.25) is 0 Å². The van der Waals surface area contributed by atoms with Gasteiger partial charge < -0.3 is 29.1 Å². The molecule has 14 aromatic carbocycles. The first-order valence-electron chi connectivity index (χ1n) is 43.3. The molecule has 0 N–H and O–H groups in total. The van der Waals surface area contributed by atoms with Gasteiger partial charge in [-0.1, -0.05) is 182 Å². The molecule has 0 radical (unpaired) electrons. The van der Waals surface area contributed by atoms with Crippen molar-refractivity contribution in [2.45, 2.75) is 103 Å². The molecule has 124 heavy (non-hydrogen) atoms. The van der Waals surface area contributed by atoms with E-state index in [1.54, 1.807) is 14.2 Å². The highest BCUT2D eigenvalue weighted by Gasteiger charge is 2.26. The molecule has 604 valence electrons. The Balaban J connectivity index is 0.000000176. The molecule has 0 unspecified atom stereocenters. The quantitative estimate of drug-likeness (QED) is 0.0490. The van der Waals surface area contributed by atoms with E-state index in [0.717, 1.165) is 142 Å². The number of anilines is 12. The monoisotopic (exact) mass is 1610 g/mol. The van der Waals surface area contributed by atoms with Crippen LogP contribution in [-0.4, -0.2) is 14.2 Å². The van der Waals surface area contributed by atoms with Gasteiger partial charge in [-0.2, -0.15) is 10.5 Å². The Labute approximate surface area is 730 Å². The third-order valence-electron chi connectivity index (χ3n) is 24.4. The zero-order valence-electron chi connectivity index (χ0n) is 70.2. The van der Waals surface area contributed by atoms with E-state index in [-0.39, 0.29) is 0 Å². The third kappa shape index (κ3) is 18.1. The van der Waals surface area contributed by atoms with E-state index in [2.05, 4.69) is 296 Å². The molecule has 4 aliphatic carbocycles. The number of hydrogen-bond donors (Lipinski definition) is 0. The molecule has 0 aromatic heterocycles. The first-order chi connectivity index (χ1) is 61.2. The van der Waals surface area contributed by atoms with Crippen LogP contribution in [0, 0.1) is 35.8 Å². The predicted octanol–water partition coefficient (Wildman–Crippen LogP) is 30.3. The number of nitriles is 2. The minimum atomic E-state index is 0.489. The summed E-state index contributed by atoms with van der Waals surface area (Å²) in [7, 11) is 3.38. The van der Waals surface area contributed by atoms with Crippen molar-refractivity contribution < 1.29 is 9.47 Å². The standard InChI is InChI=1S/C58H50N4O2.C56H46N4/c1-60-56-39-45(24-18-41-20-26-48(27-21-41)61(50-30-34-52(63-2)35-31-50)57-16-8-12-43-10-4-6-14-54(43)57)47(40-59)38-46(56)25-19-42-22-28-49(29-23-42)62(51-32-36-53(64-3)37-33-51)58-17-9-13-44-11-5-7-15-55(44)58;1-58-54-39-45(32-26-41-28-34-50(35-29-41)59(48-18-4-2-5-19-48)55-24-12-16-43-14-8-10-22-52(43)55)47(40-57)38-46(54)33-27-42-30-36-51(37-31-42)60(49-20-6-3-7-21-49)56-25-13-17-44-15-9-11-23-53(44)56/h8-9,12-13,16-39H,4-7,10-11,14-15H2,2-3H3;2-7,12-13,16-21,24-39H,8-11,14-15,22-23H2. The molecule has 0 aliphatic heterocycles. The number of benzene rings is 14. The zero-order valence-corrected chi connectivity index (χ0v) is 70.2. The van der Waals surface area contributed by atoms with Crippen LogP contribution in [0.15, 0.2) is 303 Å². The van der Waals surface area contributed by atoms with Crippen LogP contribution in [0.1, 0.15) is 152 Å². The van der Waals surface area contributed by atoms with Crippen molar-refractivity contribution in [2.24, 2.45) is 0 Å². The van der Waals surface area contributed by atoms with Gasteiger partial charge in [-0.3, -0.25) is 0 Å². The van der Waals surface area contributed by atoms with Gasteiger partial charge in [-0.05, 0) is 362 Å². The van der Waals surface area contributed by atoms with Crippen molar-refractivity contribution in [3.63, 3.8) is 0 Å². The fraction of sp³-hybridized carbons (Fsp3) is 0.158. The number of nitrogens with zero attached hydrogens (tertiary/aromatic N) is 8. The minimum Gasteiger partial charge on any atom is -0.497 e. The molecular formula is C114H96N8O2. The minimum absolute atomic E-state index is 0.489. The molecule has 0 heterocycles. The SMILES string of the molecule is [C-]#[N+]c1cc(C=Cc2ccc(N(c3ccc(OC)cc3)c3cccc4c3CCCC4)cc2)c(C#N)cc1C=Cc1ccc(N(c2ccc(OC)cc2)c2cccc3c2CCCC3)cc1.[C-]#[N+]c1cc(C=Cc2ccc(N(c3ccccc3)c3cccc4c3CCCC4)cc2)c(C#N)cc1C=Cc1ccc(N(c2ccccc2)c2cccc3c2CCCC3)cc1. The fourth-order valence-electron chi connectivity index (χ4n) is 18.1. The van der Waals surface area contributed by atoms with Crippen LogP contribution in [0.4, 0.5) is 79.6 Å². The molecular weight excluding hydrogens is 1510 g/mol. The van der Waals surface area contributed by atoms with Gasteiger partial charge in [0.25, 0.3) is 0 Å². The Hall–Kier alpha value is -15.2. The Morgan fingerprint density at radius 3 is 0.758 bits per heavy atom. The van der Waals surface area contributed by atoms with E-state index in [1.807, 2.05) is 97.1 Å². The zero-order chi connectivity index (χ0) is 84.5. The summed E-state index contributed by atoms with van der Waals surface area (Å²) in [6.45, 7) is 16.1. The van der Waals surface area contributed by atoms with Gasteiger partial charge in [0.05, 0.1) is 50.6 Å². The van der Waals surface area contributed by atoms with Crippen molar-refractivity contribution in [2.75, 3.05) is 33.8 Å². The molecule has 10 nitrogen and oxygen atoms in total. The molecule has 0 bridgehead atoms.